The van der Waals surface area contributed by atoms with Crippen molar-refractivity contribution >= 4 is 27.4 Å². The van der Waals surface area contributed by atoms with E-state index in [9.17, 15) is 13.2 Å². The molecule has 0 unspecified atom stereocenters. The monoisotopic (exact) mass is 419 g/mol. The third kappa shape index (κ3) is 5.02. The summed E-state index contributed by atoms with van der Waals surface area (Å²) in [6.45, 7) is 3.82. The predicted octanol–water partition coefficient (Wildman–Crippen LogP) is 4.30. The highest BCUT2D eigenvalue weighted by Crippen LogP contribution is 2.20. The van der Waals surface area contributed by atoms with Gasteiger partial charge in [0.1, 0.15) is 11.5 Å². The molecule has 0 atom stereocenters. The average Bonchev–Trinajstić information content (AvgIpc) is 3.35. The molecule has 0 saturated carbocycles. The van der Waals surface area contributed by atoms with E-state index in [1.165, 1.54) is 11.3 Å². The van der Waals surface area contributed by atoms with Crippen molar-refractivity contribution in [1.82, 2.24) is 4.90 Å². The van der Waals surface area contributed by atoms with Crippen molar-refractivity contribution in [1.29, 1.82) is 0 Å². The second-order valence-corrected chi connectivity index (χ2v) is 9.53. The number of carbonyl (C=O) groups excluding carboxylic acids is 1. The number of rotatable bonds is 8. The highest BCUT2D eigenvalue weighted by molar-refractivity contribution is 7.87. The van der Waals surface area contributed by atoms with Crippen LogP contribution in [0.2, 0.25) is 0 Å². The van der Waals surface area contributed by atoms with Crippen molar-refractivity contribution in [2.45, 2.75) is 32.2 Å². The van der Waals surface area contributed by atoms with Gasteiger partial charge in [-0.15, -0.1) is 11.3 Å². The molecule has 6 nitrogen and oxygen atoms in total. The zero-order valence-corrected chi connectivity index (χ0v) is 17.2. The van der Waals surface area contributed by atoms with Crippen LogP contribution < -0.4 is 4.18 Å². The predicted molar refractivity (Wildman–Crippen MR) is 108 cm³/mol. The third-order valence-electron chi connectivity index (χ3n) is 4.03. The summed E-state index contributed by atoms with van der Waals surface area (Å²) in [5.41, 5.74) is 0.853. The summed E-state index contributed by atoms with van der Waals surface area (Å²) in [5, 5.41) is 1.24. The molecule has 0 spiro atoms. The molecule has 0 bridgehead atoms. The number of hydrogen-bond acceptors (Lipinski definition) is 6. The minimum Gasteiger partial charge on any atom is -0.467 e. The Kier molecular flexibility index (Phi) is 6.21. The lowest BCUT2D eigenvalue weighted by Crippen LogP contribution is -2.29. The highest BCUT2D eigenvalue weighted by Gasteiger charge is 2.20. The molecule has 0 aliphatic rings. The Hall–Kier alpha value is -2.58. The van der Waals surface area contributed by atoms with Gasteiger partial charge in [0, 0.05) is 6.54 Å². The fourth-order valence-corrected chi connectivity index (χ4v) is 3.71. The summed E-state index contributed by atoms with van der Waals surface area (Å²) < 4.78 is 34.2. The number of carbonyl (C=O) groups is 1. The molecule has 1 amide bonds. The number of benzene rings is 1. The van der Waals surface area contributed by atoms with Gasteiger partial charge in [-0.2, -0.15) is 8.42 Å². The summed E-state index contributed by atoms with van der Waals surface area (Å²) in [6.07, 6.45) is 1.57. The van der Waals surface area contributed by atoms with Crippen molar-refractivity contribution in [3.8, 4) is 5.75 Å². The van der Waals surface area contributed by atoms with Gasteiger partial charge in [-0.25, -0.2) is 0 Å². The second-order valence-electron chi connectivity index (χ2n) is 6.49. The summed E-state index contributed by atoms with van der Waals surface area (Å²) in [4.78, 5) is 15.2. The van der Waals surface area contributed by atoms with E-state index in [1.54, 1.807) is 61.4 Å². The fraction of sp³-hybridized carbons (Fsp3) is 0.250. The van der Waals surface area contributed by atoms with Crippen LogP contribution in [0.15, 0.2) is 64.6 Å². The van der Waals surface area contributed by atoms with Crippen molar-refractivity contribution in [3.63, 3.8) is 0 Å². The first-order valence-electron chi connectivity index (χ1n) is 8.72. The zero-order chi connectivity index (χ0) is 20.1. The maximum Gasteiger partial charge on any atom is 0.311 e. The molecule has 0 aliphatic heterocycles. The first-order chi connectivity index (χ1) is 13.3. The fourth-order valence-electron chi connectivity index (χ4n) is 2.45. The Bertz CT molecular complexity index is 992. The first-order valence-corrected chi connectivity index (χ1v) is 11.1. The lowest BCUT2D eigenvalue weighted by Gasteiger charge is -2.21. The van der Waals surface area contributed by atoms with Crippen LogP contribution in [0, 0.1) is 0 Å². The van der Waals surface area contributed by atoms with Crippen molar-refractivity contribution < 1.29 is 21.8 Å². The molecule has 0 aliphatic carbocycles. The van der Waals surface area contributed by atoms with Gasteiger partial charge in [0.05, 0.1) is 22.9 Å². The maximum atomic E-state index is 12.9. The molecule has 0 radical (unpaired) electrons. The molecule has 1 aromatic carbocycles. The summed E-state index contributed by atoms with van der Waals surface area (Å²) in [5.74, 6) is 0.849. The van der Waals surface area contributed by atoms with Gasteiger partial charge in [0.15, 0.2) is 0 Å². The van der Waals surface area contributed by atoms with Crippen molar-refractivity contribution in [2.75, 3.05) is 0 Å². The average molecular weight is 420 g/mol. The van der Waals surface area contributed by atoms with E-state index in [4.69, 9.17) is 8.60 Å². The molecule has 148 valence electrons. The lowest BCUT2D eigenvalue weighted by atomic mass is 10.2. The molecule has 2 heterocycles. The SMILES string of the molecule is CC(C)S(=O)(=O)Oc1ccc(CN(Cc2ccco2)C(=O)c2cccs2)cc1. The quantitative estimate of drug-likeness (QED) is 0.509. The number of thiophene rings is 1. The molecular formula is C20H21NO5S2. The van der Waals surface area contributed by atoms with E-state index in [2.05, 4.69) is 0 Å². The largest absolute Gasteiger partial charge is 0.467 e. The Morgan fingerprint density at radius 2 is 1.86 bits per heavy atom. The number of nitrogens with zero attached hydrogens (tertiary/aromatic N) is 1. The van der Waals surface area contributed by atoms with Gasteiger partial charge >= 0.3 is 10.1 Å². The number of furan rings is 1. The van der Waals surface area contributed by atoms with Crippen LogP contribution in [-0.2, 0) is 23.2 Å². The van der Waals surface area contributed by atoms with E-state index in [-0.39, 0.29) is 11.7 Å². The van der Waals surface area contributed by atoms with Gasteiger partial charge in [0.2, 0.25) is 0 Å². The zero-order valence-electron chi connectivity index (χ0n) is 15.6. The highest BCUT2D eigenvalue weighted by atomic mass is 32.2. The van der Waals surface area contributed by atoms with Crippen LogP contribution in [0.4, 0.5) is 0 Å². The Morgan fingerprint density at radius 3 is 2.43 bits per heavy atom. The van der Waals surface area contributed by atoms with Crippen molar-refractivity contribution in [3.05, 3.63) is 76.4 Å². The molecule has 0 N–H and O–H groups in total. The van der Waals surface area contributed by atoms with E-state index >= 15 is 0 Å². The smallest absolute Gasteiger partial charge is 0.311 e. The van der Waals surface area contributed by atoms with Gasteiger partial charge in [0.25, 0.3) is 5.91 Å². The summed E-state index contributed by atoms with van der Waals surface area (Å²) in [7, 11) is -3.64. The minimum absolute atomic E-state index is 0.0888. The second kappa shape index (κ2) is 8.62. The Morgan fingerprint density at radius 1 is 1.11 bits per heavy atom. The van der Waals surface area contributed by atoms with E-state index in [0.29, 0.717) is 23.7 Å². The van der Waals surface area contributed by atoms with Crippen LogP contribution in [0.5, 0.6) is 5.75 Å². The van der Waals surface area contributed by atoms with E-state index < -0.39 is 15.4 Å². The normalized spacial score (nSPS) is 11.5. The molecule has 8 heteroatoms. The number of hydrogen-bond donors (Lipinski definition) is 0. The number of amides is 1. The van der Waals surface area contributed by atoms with Gasteiger partial charge in [-0.3, -0.25) is 4.79 Å². The Balaban J connectivity index is 1.76. The van der Waals surface area contributed by atoms with Gasteiger partial charge in [-0.1, -0.05) is 18.2 Å². The van der Waals surface area contributed by atoms with Crippen LogP contribution in [0.3, 0.4) is 0 Å². The van der Waals surface area contributed by atoms with Crippen molar-refractivity contribution in [2.24, 2.45) is 0 Å². The third-order valence-corrected chi connectivity index (χ3v) is 6.47. The Labute approximate surface area is 168 Å². The van der Waals surface area contributed by atoms with Crippen LogP contribution >= 0.6 is 11.3 Å². The molecule has 28 heavy (non-hydrogen) atoms. The summed E-state index contributed by atoms with van der Waals surface area (Å²) >= 11 is 1.39. The van der Waals surface area contributed by atoms with Gasteiger partial charge < -0.3 is 13.5 Å². The van der Waals surface area contributed by atoms with Crippen LogP contribution in [0.1, 0.15) is 34.8 Å². The van der Waals surface area contributed by atoms with Crippen LogP contribution in [-0.4, -0.2) is 24.5 Å². The molecule has 3 aromatic rings. The van der Waals surface area contributed by atoms with E-state index in [1.807, 2.05) is 17.5 Å². The van der Waals surface area contributed by atoms with Gasteiger partial charge in [-0.05, 0) is 55.1 Å². The topological polar surface area (TPSA) is 76.8 Å². The summed E-state index contributed by atoms with van der Waals surface area (Å²) in [6, 6.07) is 13.9. The minimum atomic E-state index is -3.64. The molecular weight excluding hydrogens is 398 g/mol. The lowest BCUT2D eigenvalue weighted by molar-refractivity contribution is 0.0722. The molecule has 0 saturated heterocycles. The first kappa shape index (κ1) is 20.2. The van der Waals surface area contributed by atoms with E-state index in [0.717, 1.165) is 5.56 Å². The molecule has 2 aromatic heterocycles. The molecule has 3 rings (SSSR count). The maximum absolute atomic E-state index is 12.9. The standard InChI is InChI=1S/C20H21NO5S2/c1-15(2)28(23,24)26-17-9-7-16(8-10-17)13-21(14-18-5-3-11-25-18)20(22)19-6-4-12-27-19/h3-12,15H,13-14H2,1-2H3. The molecule has 0 fully saturated rings. The van der Waals surface area contributed by atoms with Crippen LogP contribution in [0.25, 0.3) is 0 Å².